The van der Waals surface area contributed by atoms with E-state index in [1.165, 1.54) is 148 Å². The van der Waals surface area contributed by atoms with Gasteiger partial charge >= 0.3 is 5.97 Å². The molecule has 3 saturated heterocycles. The molecule has 0 saturated carbocycles. The minimum Gasteiger partial charge on any atom is -0.477 e. The molecule has 14 N–H and O–H groups in total. The first kappa shape index (κ1) is 84.4. The number of rotatable bonds is 55. The highest BCUT2D eigenvalue weighted by Crippen LogP contribution is 2.39. The Kier molecular flexibility index (Phi) is 45.9. The molecule has 3 heterocycles. The summed E-state index contributed by atoms with van der Waals surface area (Å²) in [4.78, 5) is 38.6. The molecule has 2 amide bonds. The van der Waals surface area contributed by atoms with Gasteiger partial charge < -0.3 is 100 Å². The number of nitrogens with one attached hydrogen (secondary N) is 2. The molecule has 0 aliphatic carbocycles. The largest absolute Gasteiger partial charge is 0.477 e. The van der Waals surface area contributed by atoms with Crippen molar-refractivity contribution in [2.24, 2.45) is 0 Å². The van der Waals surface area contributed by atoms with Crippen LogP contribution in [0.1, 0.15) is 265 Å². The van der Waals surface area contributed by atoms with Crippen LogP contribution in [0.3, 0.4) is 0 Å². The monoisotopic (exact) mass is 1330 g/mol. The maximum atomic E-state index is 13.5. The van der Waals surface area contributed by atoms with E-state index in [0.717, 1.165) is 71.1 Å². The van der Waals surface area contributed by atoms with Gasteiger partial charge in [0.1, 0.15) is 67.1 Å². The highest BCUT2D eigenvalue weighted by Gasteiger charge is 2.60. The maximum Gasteiger partial charge on any atom is 0.364 e. The molecule has 544 valence electrons. The van der Waals surface area contributed by atoms with Crippen molar-refractivity contribution in [1.82, 2.24) is 10.6 Å². The molecule has 23 heteroatoms. The second kappa shape index (κ2) is 50.5. The number of allylic oxidation sites excluding steroid dienone is 4. The predicted octanol–water partition coefficient (Wildman–Crippen LogP) is 7.23. The van der Waals surface area contributed by atoms with E-state index in [1.807, 2.05) is 0 Å². The van der Waals surface area contributed by atoms with E-state index < -0.39 is 148 Å². The number of aliphatic hydroxyl groups is 11. The van der Waals surface area contributed by atoms with Crippen LogP contribution in [0.15, 0.2) is 24.3 Å². The Morgan fingerprint density at radius 3 is 1.51 bits per heavy atom. The zero-order chi connectivity index (χ0) is 68.2. The molecular weight excluding hydrogens is 1200 g/mol. The SMILES string of the molecule is CCCCCCCCCCC/C=C\C/C=C\CCCCCCCCCCCCCC(=O)NC(COC1OC(CO)C(OC2OC(CO)C(O)C(OC3(C(=O)O)CC(O)C(NC(C)=O)C(C(O)C(O)CO)O3)C2O)C(O)C1O)C(O)CCCCCCCCCCCCCC. The number of aliphatic hydroxyl groups excluding tert-OH is 11. The first-order chi connectivity index (χ1) is 44.9. The normalized spacial score (nSPS) is 28.2. The van der Waals surface area contributed by atoms with Crippen molar-refractivity contribution in [3.05, 3.63) is 24.3 Å². The van der Waals surface area contributed by atoms with Crippen LogP contribution >= 0.6 is 0 Å². The second-order valence-corrected chi connectivity index (χ2v) is 26.5. The number of ether oxygens (including phenoxy) is 6. The number of carboxylic acid groups (broad SMARTS) is 1. The van der Waals surface area contributed by atoms with Gasteiger partial charge in [0.15, 0.2) is 12.6 Å². The van der Waals surface area contributed by atoms with E-state index in [1.54, 1.807) is 0 Å². The van der Waals surface area contributed by atoms with Crippen molar-refractivity contribution < 1.29 is 104 Å². The third kappa shape index (κ3) is 32.6. The zero-order valence-electron chi connectivity index (χ0n) is 56.9. The van der Waals surface area contributed by atoms with Crippen LogP contribution in [0.5, 0.6) is 0 Å². The fourth-order valence-electron chi connectivity index (χ4n) is 12.6. The van der Waals surface area contributed by atoms with Crippen molar-refractivity contribution in [2.45, 2.75) is 375 Å². The number of carbonyl (C=O) groups excluding carboxylic acids is 2. The lowest BCUT2D eigenvalue weighted by Gasteiger charge is -2.50. The molecule has 3 aliphatic heterocycles. The number of carbonyl (C=O) groups is 3. The minimum absolute atomic E-state index is 0.221. The van der Waals surface area contributed by atoms with E-state index in [9.17, 15) is 75.7 Å². The number of carboxylic acids is 1. The molecule has 0 bridgehead atoms. The highest BCUT2D eigenvalue weighted by atomic mass is 16.8. The Balaban J connectivity index is 1.52. The van der Waals surface area contributed by atoms with Crippen molar-refractivity contribution in [2.75, 3.05) is 26.4 Å². The average molecular weight is 1330 g/mol. The summed E-state index contributed by atoms with van der Waals surface area (Å²) in [5, 5.41) is 136. The van der Waals surface area contributed by atoms with Gasteiger partial charge in [-0.2, -0.15) is 0 Å². The highest BCUT2D eigenvalue weighted by molar-refractivity contribution is 5.77. The summed E-state index contributed by atoms with van der Waals surface area (Å²) in [5.41, 5.74) is 0. The lowest BCUT2D eigenvalue weighted by atomic mass is 9.88. The maximum absolute atomic E-state index is 13.5. The summed E-state index contributed by atoms with van der Waals surface area (Å²) in [7, 11) is 0. The van der Waals surface area contributed by atoms with Crippen LogP contribution in [-0.2, 0) is 42.8 Å². The van der Waals surface area contributed by atoms with E-state index in [-0.39, 0.29) is 18.9 Å². The molecule has 23 nitrogen and oxygen atoms in total. The van der Waals surface area contributed by atoms with E-state index in [4.69, 9.17) is 28.4 Å². The van der Waals surface area contributed by atoms with E-state index in [2.05, 4.69) is 48.8 Å². The van der Waals surface area contributed by atoms with Crippen LogP contribution in [0.2, 0.25) is 0 Å². The topological polar surface area (TPSA) is 373 Å². The summed E-state index contributed by atoms with van der Waals surface area (Å²) in [6.45, 7) is 2.19. The van der Waals surface area contributed by atoms with Gasteiger partial charge in [-0.05, 0) is 44.9 Å². The molecule has 3 fully saturated rings. The smallest absolute Gasteiger partial charge is 0.364 e. The predicted molar refractivity (Wildman–Crippen MR) is 352 cm³/mol. The molecule has 18 unspecified atom stereocenters. The quantitative estimate of drug-likeness (QED) is 0.0211. The van der Waals surface area contributed by atoms with Crippen molar-refractivity contribution in [1.29, 1.82) is 0 Å². The molecule has 0 aromatic carbocycles. The number of aliphatic carboxylic acids is 1. The lowest BCUT2D eigenvalue weighted by molar-refractivity contribution is -0.386. The van der Waals surface area contributed by atoms with Gasteiger partial charge in [0.25, 0.3) is 5.79 Å². The minimum atomic E-state index is -3.08. The summed E-state index contributed by atoms with van der Waals surface area (Å²) in [6, 6.07) is -2.53. The first-order valence-electron chi connectivity index (χ1n) is 36.2. The third-order valence-corrected chi connectivity index (χ3v) is 18.4. The molecule has 3 aliphatic rings. The molecule has 0 spiro atoms. The fraction of sp³-hybridized carbons (Fsp3) is 0.900. The van der Waals surface area contributed by atoms with Gasteiger partial charge in [-0.15, -0.1) is 0 Å². The molecular formula is C70H128N2O21. The van der Waals surface area contributed by atoms with Gasteiger partial charge in [-0.25, -0.2) is 4.79 Å². The fourth-order valence-corrected chi connectivity index (χ4v) is 12.6. The summed E-state index contributed by atoms with van der Waals surface area (Å²) in [5.74, 6) is -6.10. The van der Waals surface area contributed by atoms with Gasteiger partial charge in [-0.1, -0.05) is 224 Å². The molecule has 0 aromatic heterocycles. The van der Waals surface area contributed by atoms with Gasteiger partial charge in [-0.3, -0.25) is 9.59 Å². The van der Waals surface area contributed by atoms with Gasteiger partial charge in [0.05, 0.1) is 50.7 Å². The zero-order valence-corrected chi connectivity index (χ0v) is 56.9. The Morgan fingerprint density at radius 1 is 0.559 bits per heavy atom. The first-order valence-corrected chi connectivity index (χ1v) is 36.2. The summed E-state index contributed by atoms with van der Waals surface area (Å²) < 4.78 is 34.8. The van der Waals surface area contributed by atoms with Crippen LogP contribution in [0.4, 0.5) is 0 Å². The van der Waals surface area contributed by atoms with Gasteiger partial charge in [0.2, 0.25) is 11.8 Å². The lowest BCUT2D eigenvalue weighted by Crippen LogP contribution is -2.70. The standard InChI is InChI=1S/C70H128N2O21/c1-4-6-8-10-12-14-16-18-19-20-21-22-23-24-25-26-27-28-29-30-31-32-34-36-38-40-42-44-57(80)72-51(52(77)43-41-39-37-35-33-17-15-13-11-9-7-5-2)49-88-67-62(84)61(83)64(56(48-75)90-67)91-68-63(85)66(60(82)55(47-74)89-68)93-70(69(86)87)45-53(78)58(71-50(3)76)65(92-70)59(81)54(79)46-73/h21-22,24-25,51-56,58-68,73-75,77-79,81-85H,4-20,23,26-49H2,1-3H3,(H,71,76)(H,72,80)(H,86,87)/b22-21-,25-24-. The Bertz CT molecular complexity index is 1970. The van der Waals surface area contributed by atoms with Crippen LogP contribution in [0, 0.1) is 0 Å². The van der Waals surface area contributed by atoms with Gasteiger partial charge in [0, 0.05) is 19.8 Å². The van der Waals surface area contributed by atoms with E-state index in [0.29, 0.717) is 19.3 Å². The van der Waals surface area contributed by atoms with E-state index >= 15 is 0 Å². The number of hydrogen-bond acceptors (Lipinski definition) is 20. The van der Waals surface area contributed by atoms with Crippen LogP contribution < -0.4 is 10.6 Å². The van der Waals surface area contributed by atoms with Crippen LogP contribution in [-0.4, -0.2) is 215 Å². The van der Waals surface area contributed by atoms with Crippen LogP contribution in [0.25, 0.3) is 0 Å². The number of hydrogen-bond donors (Lipinski definition) is 14. The Morgan fingerprint density at radius 2 is 1.03 bits per heavy atom. The van der Waals surface area contributed by atoms with Crippen molar-refractivity contribution in [3.63, 3.8) is 0 Å². The Hall–Kier alpha value is -2.79. The second-order valence-electron chi connectivity index (χ2n) is 26.5. The molecule has 0 aromatic rings. The number of amides is 2. The average Bonchev–Trinajstić information content (AvgIpc) is 0.768. The Labute approximate surface area is 555 Å². The number of unbranched alkanes of at least 4 members (excludes halogenated alkanes) is 31. The molecule has 3 rings (SSSR count). The molecule has 18 atom stereocenters. The molecule has 93 heavy (non-hydrogen) atoms. The third-order valence-electron chi connectivity index (χ3n) is 18.4. The van der Waals surface area contributed by atoms with Crippen molar-refractivity contribution >= 4 is 17.8 Å². The summed E-state index contributed by atoms with van der Waals surface area (Å²) >= 11 is 0. The molecule has 0 radical (unpaired) electrons. The summed E-state index contributed by atoms with van der Waals surface area (Å²) in [6.07, 6.45) is 21.9. The van der Waals surface area contributed by atoms with Crippen molar-refractivity contribution in [3.8, 4) is 0 Å².